The third-order valence-electron chi connectivity index (χ3n) is 4.38. The Bertz CT molecular complexity index is 660. The number of hydrogen-bond donors (Lipinski definition) is 3. The number of benzene rings is 1. The second kappa shape index (κ2) is 10.7. The summed E-state index contributed by atoms with van der Waals surface area (Å²) in [6.07, 6.45) is 1.21. The van der Waals surface area contributed by atoms with Crippen LogP contribution >= 0.6 is 12.4 Å². The van der Waals surface area contributed by atoms with Gasteiger partial charge in [0.05, 0.1) is 11.3 Å². The molecule has 0 bridgehead atoms. The van der Waals surface area contributed by atoms with Gasteiger partial charge < -0.3 is 26.2 Å². The molecule has 1 aromatic rings. The zero-order chi connectivity index (χ0) is 19.1. The summed E-state index contributed by atoms with van der Waals surface area (Å²) in [6.45, 7) is 1.82. The smallest absolute Gasteiger partial charge is 0.319 e. The van der Waals surface area contributed by atoms with E-state index in [9.17, 15) is 14.4 Å². The SMILES string of the molecule is CN(C)C(=O)N1CCC(C(=O)Nc2ccccc2C(=O)NCCN)CC1.Cl. The zero-order valence-electron chi connectivity index (χ0n) is 15.7. The van der Waals surface area contributed by atoms with Crippen LogP contribution in [0.1, 0.15) is 23.2 Å². The van der Waals surface area contributed by atoms with E-state index in [-0.39, 0.29) is 36.2 Å². The summed E-state index contributed by atoms with van der Waals surface area (Å²) in [6, 6.07) is 6.86. The van der Waals surface area contributed by atoms with E-state index in [0.29, 0.717) is 50.3 Å². The van der Waals surface area contributed by atoms with Gasteiger partial charge in [0.1, 0.15) is 0 Å². The summed E-state index contributed by atoms with van der Waals surface area (Å²) in [4.78, 5) is 40.0. The largest absolute Gasteiger partial charge is 0.351 e. The summed E-state index contributed by atoms with van der Waals surface area (Å²) in [5.74, 6) is -0.569. The Balaban J connectivity index is 0.00000364. The Hall–Kier alpha value is -2.32. The topological polar surface area (TPSA) is 108 Å². The molecule has 1 saturated heterocycles. The molecule has 0 radical (unpaired) electrons. The molecule has 0 atom stereocenters. The first-order chi connectivity index (χ1) is 12.4. The van der Waals surface area contributed by atoms with Gasteiger partial charge in [-0.05, 0) is 25.0 Å². The summed E-state index contributed by atoms with van der Waals surface area (Å²) in [7, 11) is 3.43. The van der Waals surface area contributed by atoms with E-state index in [2.05, 4.69) is 10.6 Å². The molecule has 9 heteroatoms. The van der Waals surface area contributed by atoms with Crippen LogP contribution in [0.2, 0.25) is 0 Å². The van der Waals surface area contributed by atoms with Crippen LogP contribution in [0.5, 0.6) is 0 Å². The summed E-state index contributed by atoms with van der Waals surface area (Å²) < 4.78 is 0. The van der Waals surface area contributed by atoms with E-state index >= 15 is 0 Å². The highest BCUT2D eigenvalue weighted by Gasteiger charge is 2.28. The molecule has 1 aliphatic heterocycles. The van der Waals surface area contributed by atoms with Crippen molar-refractivity contribution >= 4 is 35.9 Å². The van der Waals surface area contributed by atoms with Gasteiger partial charge in [0.25, 0.3) is 5.91 Å². The van der Waals surface area contributed by atoms with Crippen molar-refractivity contribution in [3.63, 3.8) is 0 Å². The highest BCUT2D eigenvalue weighted by atomic mass is 35.5. The van der Waals surface area contributed by atoms with Gasteiger partial charge in [0.2, 0.25) is 5.91 Å². The van der Waals surface area contributed by atoms with Crippen LogP contribution in [0, 0.1) is 5.92 Å². The van der Waals surface area contributed by atoms with Crippen molar-refractivity contribution in [1.82, 2.24) is 15.1 Å². The van der Waals surface area contributed by atoms with Gasteiger partial charge in [0.15, 0.2) is 0 Å². The maximum absolute atomic E-state index is 12.6. The number of carbonyl (C=O) groups is 3. The second-order valence-corrected chi connectivity index (χ2v) is 6.52. The number of nitrogens with zero attached hydrogens (tertiary/aromatic N) is 2. The number of nitrogens with two attached hydrogens (primary N) is 1. The number of anilines is 1. The van der Waals surface area contributed by atoms with Gasteiger partial charge in [-0.3, -0.25) is 9.59 Å². The number of halogens is 1. The van der Waals surface area contributed by atoms with E-state index in [1.807, 2.05) is 0 Å². The number of para-hydroxylation sites is 1. The Morgan fingerprint density at radius 3 is 2.41 bits per heavy atom. The number of carbonyl (C=O) groups excluding carboxylic acids is 3. The fraction of sp³-hybridized carbons (Fsp3) is 0.500. The number of amides is 4. The lowest BCUT2D eigenvalue weighted by Gasteiger charge is -2.33. The number of urea groups is 1. The Labute approximate surface area is 165 Å². The highest BCUT2D eigenvalue weighted by Crippen LogP contribution is 2.22. The average Bonchev–Trinajstić information content (AvgIpc) is 2.65. The summed E-state index contributed by atoms with van der Waals surface area (Å²) in [5, 5.41) is 5.57. The first kappa shape index (κ1) is 22.7. The van der Waals surface area contributed by atoms with Gasteiger partial charge in [-0.1, -0.05) is 12.1 Å². The molecule has 0 aliphatic carbocycles. The second-order valence-electron chi connectivity index (χ2n) is 6.52. The van der Waals surface area contributed by atoms with Crippen LogP contribution in [0.4, 0.5) is 10.5 Å². The Morgan fingerprint density at radius 2 is 1.81 bits per heavy atom. The summed E-state index contributed by atoms with van der Waals surface area (Å²) >= 11 is 0. The molecule has 27 heavy (non-hydrogen) atoms. The molecule has 150 valence electrons. The van der Waals surface area contributed by atoms with Crippen LogP contribution < -0.4 is 16.4 Å². The lowest BCUT2D eigenvalue weighted by atomic mass is 9.95. The van der Waals surface area contributed by atoms with Crippen molar-refractivity contribution in [3.05, 3.63) is 29.8 Å². The predicted octanol–water partition coefficient (Wildman–Crippen LogP) is 1.13. The standard InChI is InChI=1S/C18H27N5O3.ClH/c1-22(2)18(26)23-11-7-13(8-12-23)16(24)21-15-6-4-3-5-14(15)17(25)20-10-9-19;/h3-6,13H,7-12,19H2,1-2H3,(H,20,25)(H,21,24);1H. The summed E-state index contributed by atoms with van der Waals surface area (Å²) in [5.41, 5.74) is 6.30. The molecule has 1 heterocycles. The Morgan fingerprint density at radius 1 is 1.19 bits per heavy atom. The molecule has 0 spiro atoms. The molecule has 2 rings (SSSR count). The van der Waals surface area contributed by atoms with E-state index in [4.69, 9.17) is 5.73 Å². The average molecular weight is 398 g/mol. The molecule has 0 unspecified atom stereocenters. The highest BCUT2D eigenvalue weighted by molar-refractivity contribution is 6.04. The zero-order valence-corrected chi connectivity index (χ0v) is 16.6. The third kappa shape index (κ3) is 6.11. The Kier molecular flexibility index (Phi) is 9.04. The fourth-order valence-electron chi connectivity index (χ4n) is 2.92. The third-order valence-corrected chi connectivity index (χ3v) is 4.38. The maximum atomic E-state index is 12.6. The monoisotopic (exact) mass is 397 g/mol. The van der Waals surface area contributed by atoms with Crippen LogP contribution in [0.3, 0.4) is 0 Å². The molecule has 1 aromatic carbocycles. The van der Waals surface area contributed by atoms with Gasteiger partial charge in [-0.25, -0.2) is 4.79 Å². The van der Waals surface area contributed by atoms with Crippen molar-refractivity contribution < 1.29 is 14.4 Å². The van der Waals surface area contributed by atoms with Crippen LogP contribution in [0.15, 0.2) is 24.3 Å². The van der Waals surface area contributed by atoms with Gasteiger partial charge >= 0.3 is 6.03 Å². The van der Waals surface area contributed by atoms with Crippen molar-refractivity contribution in [2.24, 2.45) is 11.7 Å². The number of piperidine rings is 1. The van der Waals surface area contributed by atoms with E-state index in [0.717, 1.165) is 0 Å². The fourth-order valence-corrected chi connectivity index (χ4v) is 2.92. The molecule has 1 fully saturated rings. The van der Waals surface area contributed by atoms with Crippen LogP contribution in [-0.4, -0.2) is 67.9 Å². The molecule has 1 aliphatic rings. The first-order valence-electron chi connectivity index (χ1n) is 8.78. The number of hydrogen-bond acceptors (Lipinski definition) is 4. The molecule has 4 amide bonds. The first-order valence-corrected chi connectivity index (χ1v) is 8.78. The molecule has 4 N–H and O–H groups in total. The van der Waals surface area contributed by atoms with Crippen molar-refractivity contribution in [1.29, 1.82) is 0 Å². The predicted molar refractivity (Wildman–Crippen MR) is 107 cm³/mol. The van der Waals surface area contributed by atoms with Gasteiger partial charge in [-0.2, -0.15) is 0 Å². The molecule has 0 saturated carbocycles. The minimum atomic E-state index is -0.266. The van der Waals surface area contributed by atoms with E-state index < -0.39 is 0 Å². The number of likely N-dealkylation sites (tertiary alicyclic amines) is 1. The molecular formula is C18H28ClN5O3. The van der Waals surface area contributed by atoms with E-state index in [1.165, 1.54) is 4.90 Å². The van der Waals surface area contributed by atoms with Gasteiger partial charge in [0, 0.05) is 46.2 Å². The lowest BCUT2D eigenvalue weighted by Crippen LogP contribution is -2.45. The molecular weight excluding hydrogens is 370 g/mol. The maximum Gasteiger partial charge on any atom is 0.319 e. The van der Waals surface area contributed by atoms with Crippen LogP contribution in [-0.2, 0) is 4.79 Å². The number of rotatable bonds is 5. The molecule has 8 nitrogen and oxygen atoms in total. The van der Waals surface area contributed by atoms with Gasteiger partial charge in [-0.15, -0.1) is 12.4 Å². The minimum Gasteiger partial charge on any atom is -0.351 e. The van der Waals surface area contributed by atoms with Crippen LogP contribution in [0.25, 0.3) is 0 Å². The number of nitrogens with one attached hydrogen (secondary N) is 2. The normalized spacial score (nSPS) is 14.1. The molecule has 0 aromatic heterocycles. The van der Waals surface area contributed by atoms with Crippen molar-refractivity contribution in [2.75, 3.05) is 45.6 Å². The van der Waals surface area contributed by atoms with Crippen molar-refractivity contribution in [2.45, 2.75) is 12.8 Å². The van der Waals surface area contributed by atoms with Crippen molar-refractivity contribution in [3.8, 4) is 0 Å². The quantitative estimate of drug-likeness (QED) is 0.692. The minimum absolute atomic E-state index is 0. The lowest BCUT2D eigenvalue weighted by molar-refractivity contribution is -0.121. The van der Waals surface area contributed by atoms with E-state index in [1.54, 1.807) is 43.3 Å².